The van der Waals surface area contributed by atoms with Gasteiger partial charge in [-0.2, -0.15) is 0 Å². The number of alkyl carbamates (subject to hydrolysis) is 1. The van der Waals surface area contributed by atoms with Gasteiger partial charge in [0.25, 0.3) is 0 Å². The van der Waals surface area contributed by atoms with Crippen molar-refractivity contribution in [3.05, 3.63) is 35.4 Å². The van der Waals surface area contributed by atoms with Crippen molar-refractivity contribution < 1.29 is 19.1 Å². The lowest BCUT2D eigenvalue weighted by Crippen LogP contribution is -2.56. The molecule has 0 spiro atoms. The number of amides is 3. The Labute approximate surface area is 243 Å². The topological polar surface area (TPSA) is 87.7 Å². The van der Waals surface area contributed by atoms with Crippen molar-refractivity contribution >= 4 is 17.9 Å². The molecule has 2 N–H and O–H groups in total. The van der Waals surface area contributed by atoms with Gasteiger partial charge in [0.05, 0.1) is 0 Å². The molecule has 7 heteroatoms. The Morgan fingerprint density at radius 3 is 2.12 bits per heavy atom. The van der Waals surface area contributed by atoms with E-state index in [1.54, 1.807) is 31.7 Å². The highest BCUT2D eigenvalue weighted by Gasteiger charge is 2.39. The number of rotatable bonds is 14. The zero-order valence-electron chi connectivity index (χ0n) is 26.4. The minimum atomic E-state index is -0.957. The van der Waals surface area contributed by atoms with E-state index in [9.17, 15) is 14.4 Å². The van der Waals surface area contributed by atoms with Gasteiger partial charge < -0.3 is 20.3 Å². The number of hydrogen-bond donors (Lipinski definition) is 2. The van der Waals surface area contributed by atoms with Gasteiger partial charge in [-0.25, -0.2) is 4.79 Å². The van der Waals surface area contributed by atoms with Crippen LogP contribution in [0.2, 0.25) is 0 Å². The second kappa shape index (κ2) is 16.3. The molecule has 40 heavy (non-hydrogen) atoms. The number of nitrogens with zero attached hydrogens (tertiary/aromatic N) is 1. The molecule has 0 aromatic heterocycles. The van der Waals surface area contributed by atoms with Gasteiger partial charge in [-0.15, -0.1) is 6.42 Å². The maximum atomic E-state index is 14.4. The highest BCUT2D eigenvalue weighted by molar-refractivity contribution is 5.93. The summed E-state index contributed by atoms with van der Waals surface area (Å²) in [4.78, 5) is 42.8. The van der Waals surface area contributed by atoms with Crippen molar-refractivity contribution in [2.75, 3.05) is 6.54 Å². The number of hydrogen-bond acceptors (Lipinski definition) is 4. The molecule has 3 atom stereocenters. The van der Waals surface area contributed by atoms with E-state index in [1.807, 2.05) is 52.8 Å². The van der Waals surface area contributed by atoms with E-state index < -0.39 is 29.3 Å². The normalized spacial score (nSPS) is 13.9. The molecular formula is C33H53N3O4. The average molecular weight is 556 g/mol. The molecule has 0 bridgehead atoms. The Balaban J connectivity index is 3.59. The van der Waals surface area contributed by atoms with Crippen LogP contribution in [0.25, 0.3) is 0 Å². The fraction of sp³-hybridized carbons (Fsp3) is 0.667. The van der Waals surface area contributed by atoms with Crippen molar-refractivity contribution in [1.82, 2.24) is 15.5 Å². The lowest BCUT2D eigenvalue weighted by molar-refractivity contribution is -0.144. The molecule has 1 aromatic rings. The van der Waals surface area contributed by atoms with Crippen molar-refractivity contribution in [2.24, 2.45) is 5.92 Å². The fourth-order valence-corrected chi connectivity index (χ4v) is 4.48. The number of ether oxygens (including phenoxy) is 1. The van der Waals surface area contributed by atoms with Crippen LogP contribution in [-0.4, -0.2) is 46.5 Å². The Bertz CT molecular complexity index is 1000. The monoisotopic (exact) mass is 555 g/mol. The molecule has 1 aromatic carbocycles. The number of benzene rings is 1. The average Bonchev–Trinajstić information content (AvgIpc) is 2.85. The van der Waals surface area contributed by atoms with Crippen molar-refractivity contribution in [2.45, 2.75) is 130 Å². The van der Waals surface area contributed by atoms with Gasteiger partial charge in [-0.1, -0.05) is 83.4 Å². The molecule has 0 radical (unpaired) electrons. The highest BCUT2D eigenvalue weighted by atomic mass is 16.6. The summed E-state index contributed by atoms with van der Waals surface area (Å²) < 4.78 is 5.50. The van der Waals surface area contributed by atoms with Crippen LogP contribution in [-0.2, 0) is 14.3 Å². The molecule has 0 aliphatic heterocycles. The maximum Gasteiger partial charge on any atom is 0.408 e. The van der Waals surface area contributed by atoms with E-state index in [0.29, 0.717) is 24.1 Å². The van der Waals surface area contributed by atoms with Crippen LogP contribution < -0.4 is 10.6 Å². The summed E-state index contributed by atoms with van der Waals surface area (Å²) in [6, 6.07) is 5.41. The van der Waals surface area contributed by atoms with Crippen molar-refractivity contribution in [1.29, 1.82) is 0 Å². The zero-order valence-corrected chi connectivity index (χ0v) is 26.4. The minimum absolute atomic E-state index is 0.193. The SMILES string of the molecule is C#Cc1ccccc1C(C(=O)NC(C)(C)C)N(CCCCCCCC)C(=O)C(NC(=O)OC(C)(C)C)C(C)CC. The van der Waals surface area contributed by atoms with E-state index in [0.717, 1.165) is 32.1 Å². The van der Waals surface area contributed by atoms with Gasteiger partial charge in [0.2, 0.25) is 11.8 Å². The van der Waals surface area contributed by atoms with Gasteiger partial charge in [0, 0.05) is 17.6 Å². The lowest BCUT2D eigenvalue weighted by atomic mass is 9.93. The predicted molar refractivity (Wildman–Crippen MR) is 163 cm³/mol. The third-order valence-corrected chi connectivity index (χ3v) is 6.66. The fourth-order valence-electron chi connectivity index (χ4n) is 4.48. The summed E-state index contributed by atoms with van der Waals surface area (Å²) in [5.41, 5.74) is -0.101. The first-order chi connectivity index (χ1) is 18.6. The first kappa shape index (κ1) is 35.0. The molecular weight excluding hydrogens is 502 g/mol. The van der Waals surface area contributed by atoms with Crippen LogP contribution in [0.1, 0.15) is 124 Å². The number of unbranched alkanes of at least 4 members (excludes halogenated alkanes) is 5. The molecule has 0 aliphatic carbocycles. The van der Waals surface area contributed by atoms with E-state index >= 15 is 0 Å². The maximum absolute atomic E-state index is 14.4. The molecule has 0 heterocycles. The lowest BCUT2D eigenvalue weighted by Gasteiger charge is -2.37. The minimum Gasteiger partial charge on any atom is -0.444 e. The van der Waals surface area contributed by atoms with E-state index in [2.05, 4.69) is 23.5 Å². The summed E-state index contributed by atoms with van der Waals surface area (Å²) in [6.45, 7) is 17.5. The second-order valence-corrected chi connectivity index (χ2v) is 12.7. The van der Waals surface area contributed by atoms with Gasteiger partial charge in [0.15, 0.2) is 0 Å². The standard InChI is InChI=1S/C33H53N3O4/c1-11-14-15-16-17-20-23-36(30(38)27(24(4)12-2)34-31(39)40-33(8,9)10)28(29(37)35-32(5,6)7)26-22-19-18-21-25(26)13-3/h3,18-19,21-22,24,27-28H,11-12,14-17,20,23H2,1-2,4-10H3,(H,34,39)(H,35,37). The first-order valence-corrected chi connectivity index (χ1v) is 14.8. The van der Waals surface area contributed by atoms with Crippen molar-refractivity contribution in [3.8, 4) is 12.3 Å². The van der Waals surface area contributed by atoms with Crippen LogP contribution in [0.3, 0.4) is 0 Å². The van der Waals surface area contributed by atoms with E-state index in [-0.39, 0.29) is 17.7 Å². The molecule has 0 fully saturated rings. The largest absolute Gasteiger partial charge is 0.444 e. The van der Waals surface area contributed by atoms with Gasteiger partial charge in [-0.3, -0.25) is 9.59 Å². The summed E-state index contributed by atoms with van der Waals surface area (Å²) in [5, 5.41) is 5.88. The van der Waals surface area contributed by atoms with Gasteiger partial charge in [-0.05, 0) is 65.5 Å². The van der Waals surface area contributed by atoms with Crippen molar-refractivity contribution in [3.63, 3.8) is 0 Å². The molecule has 1 rings (SSSR count). The molecule has 224 valence electrons. The number of terminal acetylenes is 1. The summed E-state index contributed by atoms with van der Waals surface area (Å²) in [7, 11) is 0. The Kier molecular flexibility index (Phi) is 14.3. The number of nitrogens with one attached hydrogen (secondary N) is 2. The quantitative estimate of drug-likeness (QED) is 0.196. The number of carbonyl (C=O) groups is 3. The highest BCUT2D eigenvalue weighted by Crippen LogP contribution is 2.28. The second-order valence-electron chi connectivity index (χ2n) is 12.7. The zero-order chi connectivity index (χ0) is 30.5. The van der Waals surface area contributed by atoms with E-state index in [4.69, 9.17) is 11.2 Å². The summed E-state index contributed by atoms with van der Waals surface area (Å²) >= 11 is 0. The summed E-state index contributed by atoms with van der Waals surface area (Å²) in [5.74, 6) is 1.86. The smallest absolute Gasteiger partial charge is 0.408 e. The van der Waals surface area contributed by atoms with E-state index in [1.165, 1.54) is 6.42 Å². The first-order valence-electron chi connectivity index (χ1n) is 14.8. The third-order valence-electron chi connectivity index (χ3n) is 6.66. The van der Waals surface area contributed by atoms with Crippen LogP contribution in [0.4, 0.5) is 4.79 Å². The van der Waals surface area contributed by atoms with Crippen LogP contribution in [0.15, 0.2) is 24.3 Å². The molecule has 3 unspecified atom stereocenters. The van der Waals surface area contributed by atoms with Gasteiger partial charge >= 0.3 is 6.09 Å². The van der Waals surface area contributed by atoms with Crippen LogP contribution >= 0.6 is 0 Å². The third kappa shape index (κ3) is 12.0. The van der Waals surface area contributed by atoms with Crippen LogP contribution in [0, 0.1) is 18.3 Å². The molecule has 7 nitrogen and oxygen atoms in total. The Morgan fingerprint density at radius 2 is 1.57 bits per heavy atom. The molecule has 0 aliphatic rings. The number of carbonyl (C=O) groups excluding carboxylic acids is 3. The summed E-state index contributed by atoms with van der Waals surface area (Å²) in [6.07, 6.45) is 12.0. The Morgan fingerprint density at radius 1 is 0.975 bits per heavy atom. The predicted octanol–water partition coefficient (Wildman–Crippen LogP) is 6.75. The molecule has 0 saturated heterocycles. The molecule has 3 amide bonds. The Hall–Kier alpha value is -3.01. The van der Waals surface area contributed by atoms with Crippen LogP contribution in [0.5, 0.6) is 0 Å². The molecule has 0 saturated carbocycles. The van der Waals surface area contributed by atoms with Gasteiger partial charge in [0.1, 0.15) is 17.7 Å².